The summed E-state index contributed by atoms with van der Waals surface area (Å²) in [5.41, 5.74) is 0. The summed E-state index contributed by atoms with van der Waals surface area (Å²) < 4.78 is 4.69. The topological polar surface area (TPSA) is 63.6 Å². The molecule has 1 rings (SSSR count). The van der Waals surface area contributed by atoms with Crippen LogP contribution in [0.3, 0.4) is 0 Å². The average molecular weight is 156 g/mol. The van der Waals surface area contributed by atoms with Gasteiger partial charge in [-0.05, 0) is 0 Å². The maximum Gasteiger partial charge on any atom is 0.330 e. The first-order valence-corrected chi connectivity index (χ1v) is 3.27. The van der Waals surface area contributed by atoms with Crippen molar-refractivity contribution in [2.45, 2.75) is 18.9 Å². The zero-order chi connectivity index (χ0) is 8.27. The average Bonchev–Trinajstić information content (AvgIpc) is 1.85. The van der Waals surface area contributed by atoms with E-state index in [2.05, 4.69) is 0 Å². The second-order valence-electron chi connectivity index (χ2n) is 2.29. The summed E-state index contributed by atoms with van der Waals surface area (Å²) in [7, 11) is 0. The summed E-state index contributed by atoms with van der Waals surface area (Å²) in [6.45, 7) is 0. The van der Waals surface area contributed by atoms with Gasteiger partial charge in [0.1, 0.15) is 6.10 Å². The Morgan fingerprint density at radius 1 is 1.82 bits per heavy atom. The Hall–Kier alpha value is -1.32. The third-order valence-corrected chi connectivity index (χ3v) is 1.34. The van der Waals surface area contributed by atoms with E-state index in [1.54, 1.807) is 6.08 Å². The largest absolute Gasteiger partial charge is 0.481 e. The fourth-order valence-electron chi connectivity index (χ4n) is 0.887. The van der Waals surface area contributed by atoms with E-state index in [-0.39, 0.29) is 6.42 Å². The minimum Gasteiger partial charge on any atom is -0.481 e. The second-order valence-corrected chi connectivity index (χ2v) is 2.29. The van der Waals surface area contributed by atoms with E-state index in [0.717, 1.165) is 0 Å². The van der Waals surface area contributed by atoms with Gasteiger partial charge in [0.2, 0.25) is 0 Å². The SMILES string of the molecule is O=C(O)C[C@H]1CC=CC(=O)O1. The number of rotatable bonds is 2. The van der Waals surface area contributed by atoms with Crippen LogP contribution in [0.5, 0.6) is 0 Å². The van der Waals surface area contributed by atoms with Gasteiger partial charge in [-0.25, -0.2) is 4.79 Å². The zero-order valence-corrected chi connectivity index (χ0v) is 5.82. The molecule has 0 bridgehead atoms. The lowest BCUT2D eigenvalue weighted by Gasteiger charge is -2.15. The standard InChI is InChI=1S/C7H8O4/c8-6(9)4-5-2-1-3-7(10)11-5/h1,3,5H,2,4H2,(H,8,9)/t5-/m1/s1. The molecular weight excluding hydrogens is 148 g/mol. The number of carbonyl (C=O) groups is 2. The van der Waals surface area contributed by atoms with Crippen LogP contribution in [0.15, 0.2) is 12.2 Å². The van der Waals surface area contributed by atoms with Gasteiger partial charge in [-0.2, -0.15) is 0 Å². The Morgan fingerprint density at radius 2 is 2.55 bits per heavy atom. The summed E-state index contributed by atoms with van der Waals surface area (Å²) in [6, 6.07) is 0. The molecule has 0 radical (unpaired) electrons. The van der Waals surface area contributed by atoms with E-state index < -0.39 is 18.0 Å². The highest BCUT2D eigenvalue weighted by Gasteiger charge is 2.18. The molecule has 0 saturated carbocycles. The van der Waals surface area contributed by atoms with Crippen molar-refractivity contribution in [2.75, 3.05) is 0 Å². The van der Waals surface area contributed by atoms with Crippen LogP contribution >= 0.6 is 0 Å². The van der Waals surface area contributed by atoms with Crippen molar-refractivity contribution >= 4 is 11.9 Å². The highest BCUT2D eigenvalue weighted by molar-refractivity contribution is 5.83. The molecule has 0 saturated heterocycles. The van der Waals surface area contributed by atoms with Crippen LogP contribution in [0, 0.1) is 0 Å². The van der Waals surface area contributed by atoms with E-state index >= 15 is 0 Å². The van der Waals surface area contributed by atoms with Gasteiger partial charge in [-0.3, -0.25) is 4.79 Å². The van der Waals surface area contributed by atoms with Gasteiger partial charge in [0.25, 0.3) is 0 Å². The lowest BCUT2D eigenvalue weighted by atomic mass is 10.1. The molecule has 60 valence electrons. The van der Waals surface area contributed by atoms with E-state index in [4.69, 9.17) is 9.84 Å². The molecule has 1 N–H and O–H groups in total. The van der Waals surface area contributed by atoms with E-state index in [1.165, 1.54) is 6.08 Å². The van der Waals surface area contributed by atoms with Gasteiger partial charge < -0.3 is 9.84 Å². The first-order chi connectivity index (χ1) is 5.18. The summed E-state index contributed by atoms with van der Waals surface area (Å²) in [5.74, 6) is -1.40. The molecule has 1 aliphatic rings. The number of carboxylic acid groups (broad SMARTS) is 1. The summed E-state index contributed by atoms with van der Waals surface area (Å²) in [4.78, 5) is 20.7. The molecule has 1 atom stereocenters. The van der Waals surface area contributed by atoms with Crippen LogP contribution in [0.1, 0.15) is 12.8 Å². The number of ether oxygens (including phenoxy) is 1. The van der Waals surface area contributed by atoms with Crippen molar-refractivity contribution in [3.05, 3.63) is 12.2 Å². The lowest BCUT2D eigenvalue weighted by Crippen LogP contribution is -2.22. The van der Waals surface area contributed by atoms with Gasteiger partial charge >= 0.3 is 11.9 Å². The Bertz CT molecular complexity index is 206. The fourth-order valence-corrected chi connectivity index (χ4v) is 0.887. The van der Waals surface area contributed by atoms with Crippen LogP contribution in [0.25, 0.3) is 0 Å². The van der Waals surface area contributed by atoms with E-state index in [1.807, 2.05) is 0 Å². The second kappa shape index (κ2) is 3.18. The number of aliphatic carboxylic acids is 1. The summed E-state index contributed by atoms with van der Waals surface area (Å²) in [5, 5.41) is 8.34. The Labute approximate surface area is 63.5 Å². The van der Waals surface area contributed by atoms with Crippen molar-refractivity contribution in [1.82, 2.24) is 0 Å². The first kappa shape index (κ1) is 7.78. The number of carboxylic acids is 1. The highest BCUT2D eigenvalue weighted by atomic mass is 16.5. The Kier molecular flexibility index (Phi) is 2.25. The number of cyclic esters (lactones) is 1. The minimum absolute atomic E-state index is 0.115. The van der Waals surface area contributed by atoms with Gasteiger partial charge in [0.15, 0.2) is 0 Å². The maximum absolute atomic E-state index is 10.6. The Morgan fingerprint density at radius 3 is 3.09 bits per heavy atom. The maximum atomic E-state index is 10.6. The van der Waals surface area contributed by atoms with Crippen molar-refractivity contribution in [1.29, 1.82) is 0 Å². The molecule has 1 aliphatic heterocycles. The van der Waals surface area contributed by atoms with Crippen LogP contribution in [0.2, 0.25) is 0 Å². The molecule has 0 aromatic rings. The van der Waals surface area contributed by atoms with Crippen molar-refractivity contribution < 1.29 is 19.4 Å². The number of carbonyl (C=O) groups excluding carboxylic acids is 1. The fraction of sp³-hybridized carbons (Fsp3) is 0.429. The molecule has 0 amide bonds. The quantitative estimate of drug-likeness (QED) is 0.585. The number of hydrogen-bond acceptors (Lipinski definition) is 3. The third kappa shape index (κ3) is 2.41. The summed E-state index contributed by atoms with van der Waals surface area (Å²) in [6.07, 6.45) is 2.83. The molecule has 11 heavy (non-hydrogen) atoms. The monoisotopic (exact) mass is 156 g/mol. The summed E-state index contributed by atoms with van der Waals surface area (Å²) >= 11 is 0. The minimum atomic E-state index is -0.946. The molecule has 4 heteroatoms. The van der Waals surface area contributed by atoms with Gasteiger partial charge in [-0.15, -0.1) is 0 Å². The molecule has 4 nitrogen and oxygen atoms in total. The van der Waals surface area contributed by atoms with E-state index in [9.17, 15) is 9.59 Å². The molecule has 0 aromatic carbocycles. The van der Waals surface area contributed by atoms with Crippen molar-refractivity contribution in [2.24, 2.45) is 0 Å². The molecule has 0 aliphatic carbocycles. The van der Waals surface area contributed by atoms with Crippen molar-refractivity contribution in [3.8, 4) is 0 Å². The van der Waals surface area contributed by atoms with Crippen LogP contribution in [-0.2, 0) is 14.3 Å². The molecule has 0 aromatic heterocycles. The molecule has 0 unspecified atom stereocenters. The van der Waals surface area contributed by atoms with Gasteiger partial charge in [0.05, 0.1) is 6.42 Å². The third-order valence-electron chi connectivity index (χ3n) is 1.34. The first-order valence-electron chi connectivity index (χ1n) is 3.27. The smallest absolute Gasteiger partial charge is 0.330 e. The predicted octanol–water partition coefficient (Wildman–Crippen LogP) is 0.333. The van der Waals surface area contributed by atoms with Crippen LogP contribution in [-0.4, -0.2) is 23.1 Å². The van der Waals surface area contributed by atoms with Crippen LogP contribution in [0.4, 0.5) is 0 Å². The van der Waals surface area contributed by atoms with Gasteiger partial charge in [0, 0.05) is 12.5 Å². The highest BCUT2D eigenvalue weighted by Crippen LogP contribution is 2.10. The van der Waals surface area contributed by atoms with Crippen LogP contribution < -0.4 is 0 Å². The predicted molar refractivity (Wildman–Crippen MR) is 35.9 cm³/mol. The van der Waals surface area contributed by atoms with Crippen molar-refractivity contribution in [3.63, 3.8) is 0 Å². The molecule has 0 fully saturated rings. The molecule has 0 spiro atoms. The van der Waals surface area contributed by atoms with E-state index in [0.29, 0.717) is 6.42 Å². The van der Waals surface area contributed by atoms with Gasteiger partial charge in [-0.1, -0.05) is 6.08 Å². The normalized spacial score (nSPS) is 22.9. The lowest BCUT2D eigenvalue weighted by molar-refractivity contribution is -0.149. The number of esters is 1. The zero-order valence-electron chi connectivity index (χ0n) is 5.82. The number of hydrogen-bond donors (Lipinski definition) is 1. The Balaban J connectivity index is 2.43. The molecule has 1 heterocycles. The molecular formula is C7H8O4.